The summed E-state index contributed by atoms with van der Waals surface area (Å²) in [5.41, 5.74) is 1.85. The molecule has 1 fully saturated rings. The average Bonchev–Trinajstić information content (AvgIpc) is 3.03. The Labute approximate surface area is 261 Å². The summed E-state index contributed by atoms with van der Waals surface area (Å²) in [5, 5.41) is 17.4. The van der Waals surface area contributed by atoms with E-state index in [9.17, 15) is 24.3 Å². The quantitative estimate of drug-likeness (QED) is 0.242. The summed E-state index contributed by atoms with van der Waals surface area (Å²) in [4.78, 5) is 53.6. The van der Waals surface area contributed by atoms with Gasteiger partial charge >= 0.3 is 6.09 Å². The van der Waals surface area contributed by atoms with Gasteiger partial charge in [-0.25, -0.2) is 4.79 Å². The van der Waals surface area contributed by atoms with E-state index in [1.54, 1.807) is 4.90 Å². The average molecular weight is 608 g/mol. The standard InChI is InChI=1S/C35H49N3O6/c1-4-6-21-44-35(43)36-30(23-27-15-11-8-12-16-27)31(40)24-28(22-26-13-9-7-10-14-26)33(41)37-32(25(3)5-2)34(42)38-19-17-29(39)18-20-38/h7-16,25,28,30-32,40H,4-6,17-24H2,1-3H3,(H,36,43)(H,37,41). The number of hydrogen-bond donors (Lipinski definition) is 3. The molecule has 0 saturated carbocycles. The van der Waals surface area contributed by atoms with Crippen molar-refractivity contribution in [2.45, 2.75) is 90.3 Å². The molecule has 3 N–H and O–H groups in total. The molecular weight excluding hydrogens is 558 g/mol. The van der Waals surface area contributed by atoms with E-state index >= 15 is 0 Å². The van der Waals surface area contributed by atoms with Crippen LogP contribution in [0.15, 0.2) is 60.7 Å². The van der Waals surface area contributed by atoms with E-state index < -0.39 is 30.2 Å². The maximum absolute atomic E-state index is 14.0. The van der Waals surface area contributed by atoms with Gasteiger partial charge < -0.3 is 25.4 Å². The molecule has 5 unspecified atom stereocenters. The smallest absolute Gasteiger partial charge is 0.407 e. The first-order chi connectivity index (χ1) is 21.2. The maximum Gasteiger partial charge on any atom is 0.407 e. The normalized spacial score (nSPS) is 16.7. The third kappa shape index (κ3) is 11.1. The lowest BCUT2D eigenvalue weighted by atomic mass is 9.88. The van der Waals surface area contributed by atoms with Gasteiger partial charge in [0.1, 0.15) is 11.8 Å². The number of carbonyl (C=O) groups excluding carboxylic acids is 4. The Balaban J connectivity index is 1.82. The van der Waals surface area contributed by atoms with E-state index in [-0.39, 0.29) is 36.5 Å². The van der Waals surface area contributed by atoms with Gasteiger partial charge in [-0.05, 0) is 42.7 Å². The van der Waals surface area contributed by atoms with Gasteiger partial charge in [-0.1, -0.05) is 94.3 Å². The van der Waals surface area contributed by atoms with Crippen LogP contribution in [0.2, 0.25) is 0 Å². The number of ketones is 1. The molecule has 1 heterocycles. The second-order valence-corrected chi connectivity index (χ2v) is 11.9. The van der Waals surface area contributed by atoms with Crippen molar-refractivity contribution in [1.29, 1.82) is 0 Å². The topological polar surface area (TPSA) is 125 Å². The molecule has 2 aromatic carbocycles. The van der Waals surface area contributed by atoms with Crippen LogP contribution < -0.4 is 10.6 Å². The molecule has 240 valence electrons. The predicted molar refractivity (Wildman–Crippen MR) is 170 cm³/mol. The highest BCUT2D eigenvalue weighted by molar-refractivity contribution is 5.90. The molecule has 44 heavy (non-hydrogen) atoms. The third-order valence-corrected chi connectivity index (χ3v) is 8.43. The number of rotatable bonds is 16. The van der Waals surface area contributed by atoms with E-state index in [2.05, 4.69) is 10.6 Å². The number of piperidine rings is 1. The summed E-state index contributed by atoms with van der Waals surface area (Å²) in [6.07, 6.45) is 2.04. The zero-order valence-electron chi connectivity index (χ0n) is 26.4. The monoisotopic (exact) mass is 607 g/mol. The number of aliphatic hydroxyl groups is 1. The molecular formula is C35H49N3O6. The largest absolute Gasteiger partial charge is 0.450 e. The minimum atomic E-state index is -1.07. The van der Waals surface area contributed by atoms with Gasteiger partial charge in [-0.15, -0.1) is 0 Å². The fourth-order valence-corrected chi connectivity index (χ4v) is 5.42. The predicted octanol–water partition coefficient (Wildman–Crippen LogP) is 4.46. The van der Waals surface area contributed by atoms with Crippen LogP contribution in [0.4, 0.5) is 4.79 Å². The van der Waals surface area contributed by atoms with Crippen molar-refractivity contribution in [3.05, 3.63) is 71.8 Å². The van der Waals surface area contributed by atoms with Gasteiger partial charge in [0.25, 0.3) is 0 Å². The van der Waals surface area contributed by atoms with Gasteiger partial charge in [0, 0.05) is 31.8 Å². The number of unbranched alkanes of at least 4 members (excludes halogenated alkanes) is 1. The number of alkyl carbamates (subject to hydrolysis) is 1. The second kappa shape index (κ2) is 18.2. The van der Waals surface area contributed by atoms with Crippen molar-refractivity contribution in [2.24, 2.45) is 11.8 Å². The zero-order chi connectivity index (χ0) is 31.9. The molecule has 1 aliphatic heterocycles. The van der Waals surface area contributed by atoms with Crippen molar-refractivity contribution >= 4 is 23.7 Å². The summed E-state index contributed by atoms with van der Waals surface area (Å²) >= 11 is 0. The number of benzene rings is 2. The molecule has 1 aliphatic rings. The third-order valence-electron chi connectivity index (χ3n) is 8.43. The first-order valence-electron chi connectivity index (χ1n) is 16.0. The summed E-state index contributed by atoms with van der Waals surface area (Å²) in [7, 11) is 0. The first-order valence-corrected chi connectivity index (χ1v) is 16.0. The Kier molecular flexibility index (Phi) is 14.4. The van der Waals surface area contributed by atoms with Gasteiger partial charge in [-0.3, -0.25) is 14.4 Å². The fourth-order valence-electron chi connectivity index (χ4n) is 5.42. The number of ether oxygens (including phenoxy) is 1. The maximum atomic E-state index is 14.0. The van der Waals surface area contributed by atoms with Crippen molar-refractivity contribution < 1.29 is 29.0 Å². The highest BCUT2D eigenvalue weighted by Gasteiger charge is 2.35. The van der Waals surface area contributed by atoms with Crippen molar-refractivity contribution in [3.8, 4) is 0 Å². The second-order valence-electron chi connectivity index (χ2n) is 11.9. The number of nitrogens with one attached hydrogen (secondary N) is 2. The molecule has 1 saturated heterocycles. The minimum absolute atomic E-state index is 0.0626. The summed E-state index contributed by atoms with van der Waals surface area (Å²) in [5.74, 6) is -1.17. The van der Waals surface area contributed by atoms with Crippen LogP contribution in [0, 0.1) is 11.8 Å². The number of carbonyl (C=O) groups is 4. The number of Topliss-reactive ketones (excluding diaryl/α,β-unsaturated/α-hetero) is 1. The van der Waals surface area contributed by atoms with E-state index in [1.807, 2.05) is 81.4 Å². The SMILES string of the molecule is CCCCOC(=O)NC(Cc1ccccc1)C(O)CC(Cc1ccccc1)C(=O)NC(C(=O)N1CCC(=O)CC1)C(C)CC. The lowest BCUT2D eigenvalue weighted by molar-refractivity contribution is -0.141. The van der Waals surface area contributed by atoms with Crippen molar-refractivity contribution in [2.75, 3.05) is 19.7 Å². The molecule has 5 atom stereocenters. The Morgan fingerprint density at radius 1 is 0.909 bits per heavy atom. The van der Waals surface area contributed by atoms with Crippen LogP contribution in [0.3, 0.4) is 0 Å². The number of likely N-dealkylation sites (tertiary alicyclic amines) is 1. The Bertz CT molecular complexity index is 1180. The molecule has 0 spiro atoms. The van der Waals surface area contributed by atoms with Crippen LogP contribution in [0.5, 0.6) is 0 Å². The molecule has 3 rings (SSSR count). The number of amides is 3. The van der Waals surface area contributed by atoms with E-state index in [0.717, 1.165) is 24.0 Å². The summed E-state index contributed by atoms with van der Waals surface area (Å²) in [6, 6.07) is 17.7. The van der Waals surface area contributed by atoms with Gasteiger partial charge in [-0.2, -0.15) is 0 Å². The molecule has 0 radical (unpaired) electrons. The lowest BCUT2D eigenvalue weighted by Gasteiger charge is -2.34. The molecule has 0 aliphatic carbocycles. The van der Waals surface area contributed by atoms with Crippen molar-refractivity contribution in [3.63, 3.8) is 0 Å². The molecule has 9 heteroatoms. The Hall–Kier alpha value is -3.72. The van der Waals surface area contributed by atoms with E-state index in [0.29, 0.717) is 45.2 Å². The summed E-state index contributed by atoms with van der Waals surface area (Å²) < 4.78 is 5.33. The van der Waals surface area contributed by atoms with E-state index in [4.69, 9.17) is 4.74 Å². The van der Waals surface area contributed by atoms with Crippen molar-refractivity contribution in [1.82, 2.24) is 15.5 Å². The van der Waals surface area contributed by atoms with Crippen LogP contribution >= 0.6 is 0 Å². The van der Waals surface area contributed by atoms with Gasteiger partial charge in [0.15, 0.2) is 0 Å². The molecule has 9 nitrogen and oxygen atoms in total. The van der Waals surface area contributed by atoms with Gasteiger partial charge in [0.2, 0.25) is 11.8 Å². The molecule has 3 amide bonds. The van der Waals surface area contributed by atoms with Crippen LogP contribution in [0.1, 0.15) is 70.4 Å². The number of hydrogen-bond acceptors (Lipinski definition) is 6. The minimum Gasteiger partial charge on any atom is -0.450 e. The number of aliphatic hydroxyl groups excluding tert-OH is 1. The van der Waals surface area contributed by atoms with Crippen LogP contribution in [0.25, 0.3) is 0 Å². The highest BCUT2D eigenvalue weighted by atomic mass is 16.5. The Morgan fingerprint density at radius 2 is 1.50 bits per heavy atom. The van der Waals surface area contributed by atoms with Crippen LogP contribution in [-0.4, -0.2) is 71.6 Å². The molecule has 0 aromatic heterocycles. The molecule has 0 bridgehead atoms. The number of nitrogens with zero attached hydrogens (tertiary/aromatic N) is 1. The van der Waals surface area contributed by atoms with E-state index in [1.165, 1.54) is 0 Å². The first kappa shape index (κ1) is 34.8. The Morgan fingerprint density at radius 3 is 2.07 bits per heavy atom. The summed E-state index contributed by atoms with van der Waals surface area (Å²) in [6.45, 7) is 6.91. The highest BCUT2D eigenvalue weighted by Crippen LogP contribution is 2.21. The zero-order valence-corrected chi connectivity index (χ0v) is 26.4. The lowest BCUT2D eigenvalue weighted by Crippen LogP contribution is -2.55. The molecule has 2 aromatic rings. The van der Waals surface area contributed by atoms with Gasteiger partial charge in [0.05, 0.1) is 18.8 Å². The fraction of sp³-hybridized carbons (Fsp3) is 0.543. The van der Waals surface area contributed by atoms with Crippen LogP contribution in [-0.2, 0) is 32.0 Å².